The smallest absolute Gasteiger partial charge is 0.224 e. The Morgan fingerprint density at radius 1 is 1.53 bits per heavy atom. The lowest BCUT2D eigenvalue weighted by Gasteiger charge is -2.29. The third kappa shape index (κ3) is 2.85. The molecule has 1 aromatic carbocycles. The van der Waals surface area contributed by atoms with Crippen LogP contribution < -0.4 is 0 Å². The second kappa shape index (κ2) is 5.01. The highest BCUT2D eigenvalue weighted by Crippen LogP contribution is 2.19. The van der Waals surface area contributed by atoms with E-state index in [4.69, 9.17) is 5.26 Å². The molecule has 88 valence electrons. The quantitative estimate of drug-likeness (QED) is 0.779. The molecule has 0 aromatic heterocycles. The van der Waals surface area contributed by atoms with Crippen molar-refractivity contribution in [3.63, 3.8) is 0 Å². The number of hydrogen-bond acceptors (Lipinski definition) is 2. The van der Waals surface area contributed by atoms with Crippen molar-refractivity contribution in [1.82, 2.24) is 4.90 Å². The minimum absolute atomic E-state index is 0.0868. The average molecular weight is 228 g/mol. The Labute approximate surface area is 102 Å². The third-order valence-electron chi connectivity index (χ3n) is 3.16. The lowest BCUT2D eigenvalue weighted by molar-refractivity contribution is -0.134. The summed E-state index contributed by atoms with van der Waals surface area (Å²) in [5.74, 6) is 0.0144. The van der Waals surface area contributed by atoms with Crippen molar-refractivity contribution in [2.45, 2.75) is 26.3 Å². The minimum atomic E-state index is -0.0868. The fourth-order valence-electron chi connectivity index (χ4n) is 2.19. The van der Waals surface area contributed by atoms with Gasteiger partial charge in [-0.25, -0.2) is 0 Å². The molecular formula is C14H16N2O. The van der Waals surface area contributed by atoms with E-state index in [2.05, 4.69) is 12.1 Å². The lowest BCUT2D eigenvalue weighted by atomic mass is 9.97. The van der Waals surface area contributed by atoms with Gasteiger partial charge in [-0.1, -0.05) is 29.8 Å². The van der Waals surface area contributed by atoms with Gasteiger partial charge in [0.05, 0.1) is 12.0 Å². The standard InChI is InChI=1S/C14H16N2O/c1-11-3-2-4-13(7-11)10-16-6-5-12(9-15)8-14(16)17/h2-4,7,12H,5-6,8,10H2,1H3. The number of piperidine rings is 1. The van der Waals surface area contributed by atoms with Crippen LogP contribution in [0.15, 0.2) is 24.3 Å². The van der Waals surface area contributed by atoms with Crippen molar-refractivity contribution < 1.29 is 4.79 Å². The molecule has 0 spiro atoms. The summed E-state index contributed by atoms with van der Waals surface area (Å²) in [7, 11) is 0. The van der Waals surface area contributed by atoms with Crippen molar-refractivity contribution >= 4 is 5.91 Å². The number of carbonyl (C=O) groups is 1. The van der Waals surface area contributed by atoms with E-state index < -0.39 is 0 Å². The molecule has 1 amide bonds. The number of likely N-dealkylation sites (tertiary alicyclic amines) is 1. The molecule has 0 radical (unpaired) electrons. The number of hydrogen-bond donors (Lipinski definition) is 0. The lowest BCUT2D eigenvalue weighted by Crippen LogP contribution is -2.37. The molecule has 3 heteroatoms. The summed E-state index contributed by atoms with van der Waals surface area (Å²) in [4.78, 5) is 13.7. The molecule has 0 N–H and O–H groups in total. The van der Waals surface area contributed by atoms with Crippen molar-refractivity contribution in [3.8, 4) is 6.07 Å². The summed E-state index contributed by atoms with van der Waals surface area (Å²) in [6, 6.07) is 10.4. The van der Waals surface area contributed by atoms with Gasteiger partial charge in [0.15, 0.2) is 0 Å². The molecule has 1 saturated heterocycles. The normalized spacial score (nSPS) is 20.1. The highest BCUT2D eigenvalue weighted by Gasteiger charge is 2.25. The zero-order valence-electron chi connectivity index (χ0n) is 10.0. The van der Waals surface area contributed by atoms with Gasteiger partial charge in [0.25, 0.3) is 0 Å². The van der Waals surface area contributed by atoms with Crippen LogP contribution in [0.1, 0.15) is 24.0 Å². The second-order valence-electron chi connectivity index (χ2n) is 4.62. The van der Waals surface area contributed by atoms with Gasteiger partial charge in [-0.2, -0.15) is 5.26 Å². The molecule has 1 aliphatic heterocycles. The van der Waals surface area contributed by atoms with Crippen LogP contribution in [0, 0.1) is 24.2 Å². The zero-order chi connectivity index (χ0) is 12.3. The molecule has 1 aromatic rings. The Bertz CT molecular complexity index is 462. The first-order valence-corrected chi connectivity index (χ1v) is 5.92. The Morgan fingerprint density at radius 3 is 3.00 bits per heavy atom. The molecular weight excluding hydrogens is 212 g/mol. The third-order valence-corrected chi connectivity index (χ3v) is 3.16. The first-order valence-electron chi connectivity index (χ1n) is 5.92. The second-order valence-corrected chi connectivity index (χ2v) is 4.62. The molecule has 17 heavy (non-hydrogen) atoms. The molecule has 1 fully saturated rings. The van der Waals surface area contributed by atoms with Gasteiger partial charge < -0.3 is 4.90 Å². The van der Waals surface area contributed by atoms with E-state index in [-0.39, 0.29) is 11.8 Å². The number of carbonyl (C=O) groups excluding carboxylic acids is 1. The summed E-state index contributed by atoms with van der Waals surface area (Å²) >= 11 is 0. The van der Waals surface area contributed by atoms with Gasteiger partial charge in [-0.3, -0.25) is 4.79 Å². The van der Waals surface area contributed by atoms with Crippen LogP contribution in [-0.4, -0.2) is 17.4 Å². The van der Waals surface area contributed by atoms with Gasteiger partial charge in [0.2, 0.25) is 5.91 Å². The fraction of sp³-hybridized carbons (Fsp3) is 0.429. The monoisotopic (exact) mass is 228 g/mol. The summed E-state index contributed by atoms with van der Waals surface area (Å²) in [6.45, 7) is 3.41. The van der Waals surface area contributed by atoms with E-state index >= 15 is 0 Å². The maximum atomic E-state index is 11.8. The minimum Gasteiger partial charge on any atom is -0.338 e. The highest BCUT2D eigenvalue weighted by atomic mass is 16.2. The molecule has 1 heterocycles. The largest absolute Gasteiger partial charge is 0.338 e. The van der Waals surface area contributed by atoms with Crippen molar-refractivity contribution in [2.75, 3.05) is 6.54 Å². The first-order chi connectivity index (χ1) is 8.19. The van der Waals surface area contributed by atoms with E-state index in [0.717, 1.165) is 12.0 Å². The SMILES string of the molecule is Cc1cccc(CN2CCC(C#N)CC2=O)c1. The van der Waals surface area contributed by atoms with Gasteiger partial charge >= 0.3 is 0 Å². The van der Waals surface area contributed by atoms with E-state index in [1.54, 1.807) is 0 Å². The fourth-order valence-corrected chi connectivity index (χ4v) is 2.19. The van der Waals surface area contributed by atoms with E-state index in [9.17, 15) is 4.79 Å². The summed E-state index contributed by atoms with van der Waals surface area (Å²) in [6.07, 6.45) is 1.18. The molecule has 0 saturated carbocycles. The predicted molar refractivity (Wildman–Crippen MR) is 64.9 cm³/mol. The Hall–Kier alpha value is -1.82. The molecule has 3 nitrogen and oxygen atoms in total. The van der Waals surface area contributed by atoms with Gasteiger partial charge in [-0.15, -0.1) is 0 Å². The van der Waals surface area contributed by atoms with Crippen LogP contribution in [-0.2, 0) is 11.3 Å². The Balaban J connectivity index is 2.01. The van der Waals surface area contributed by atoms with E-state index in [1.165, 1.54) is 5.56 Å². The van der Waals surface area contributed by atoms with Crippen LogP contribution in [0.5, 0.6) is 0 Å². The maximum absolute atomic E-state index is 11.8. The molecule has 2 rings (SSSR count). The van der Waals surface area contributed by atoms with Crippen molar-refractivity contribution in [1.29, 1.82) is 5.26 Å². The molecule has 1 aliphatic rings. The zero-order valence-corrected chi connectivity index (χ0v) is 10.0. The number of aryl methyl sites for hydroxylation is 1. The molecule has 1 unspecified atom stereocenters. The van der Waals surface area contributed by atoms with E-state index in [0.29, 0.717) is 19.5 Å². The number of amides is 1. The van der Waals surface area contributed by atoms with Crippen LogP contribution in [0.2, 0.25) is 0 Å². The van der Waals surface area contributed by atoms with Crippen molar-refractivity contribution in [2.24, 2.45) is 5.92 Å². The molecule has 0 aliphatic carbocycles. The maximum Gasteiger partial charge on any atom is 0.224 e. The Morgan fingerprint density at radius 2 is 2.35 bits per heavy atom. The topological polar surface area (TPSA) is 44.1 Å². The Kier molecular flexibility index (Phi) is 3.43. The molecule has 0 bridgehead atoms. The van der Waals surface area contributed by atoms with Gasteiger partial charge in [-0.05, 0) is 18.9 Å². The van der Waals surface area contributed by atoms with Crippen molar-refractivity contribution in [3.05, 3.63) is 35.4 Å². The first kappa shape index (κ1) is 11.7. The molecule has 1 atom stereocenters. The van der Waals surface area contributed by atoms with Gasteiger partial charge in [0.1, 0.15) is 0 Å². The van der Waals surface area contributed by atoms with E-state index in [1.807, 2.05) is 30.0 Å². The van der Waals surface area contributed by atoms with Gasteiger partial charge in [0, 0.05) is 19.5 Å². The average Bonchev–Trinajstić information content (AvgIpc) is 2.32. The van der Waals surface area contributed by atoms with Crippen LogP contribution in [0.3, 0.4) is 0 Å². The van der Waals surface area contributed by atoms with Crippen LogP contribution in [0.4, 0.5) is 0 Å². The van der Waals surface area contributed by atoms with Crippen LogP contribution >= 0.6 is 0 Å². The predicted octanol–water partition coefficient (Wildman–Crippen LogP) is 2.26. The number of nitriles is 1. The number of benzene rings is 1. The summed E-state index contributed by atoms with van der Waals surface area (Å²) < 4.78 is 0. The number of rotatable bonds is 2. The highest BCUT2D eigenvalue weighted by molar-refractivity contribution is 5.77. The summed E-state index contributed by atoms with van der Waals surface area (Å²) in [5.41, 5.74) is 2.37. The number of nitrogens with zero attached hydrogens (tertiary/aromatic N) is 2. The van der Waals surface area contributed by atoms with Crippen LogP contribution in [0.25, 0.3) is 0 Å². The summed E-state index contributed by atoms with van der Waals surface area (Å²) in [5, 5.41) is 8.80.